The quantitative estimate of drug-likeness (QED) is 0.700. The first-order valence-electron chi connectivity index (χ1n) is 6.77. The molecule has 2 aromatic heterocycles. The van der Waals surface area contributed by atoms with E-state index in [0.717, 1.165) is 15.6 Å². The number of benzene rings is 1. The van der Waals surface area contributed by atoms with Crippen molar-refractivity contribution in [1.29, 1.82) is 0 Å². The zero-order valence-electron chi connectivity index (χ0n) is 12.1. The number of hydrazine groups is 1. The van der Waals surface area contributed by atoms with Gasteiger partial charge in [0.25, 0.3) is 11.8 Å². The summed E-state index contributed by atoms with van der Waals surface area (Å²) in [6.07, 6.45) is 1.50. The number of aryl methyl sites for hydroxylation is 1. The van der Waals surface area contributed by atoms with E-state index >= 15 is 0 Å². The zero-order valence-corrected chi connectivity index (χ0v) is 13.7. The van der Waals surface area contributed by atoms with Gasteiger partial charge in [0.15, 0.2) is 0 Å². The molecule has 0 aliphatic heterocycles. The van der Waals surface area contributed by atoms with Gasteiger partial charge in [-0.25, -0.2) is 0 Å². The second-order valence-corrected chi connectivity index (χ2v) is 6.25. The predicted octanol–water partition coefficient (Wildman–Crippen LogP) is 3.33. The van der Waals surface area contributed by atoms with Crippen molar-refractivity contribution >= 4 is 44.8 Å². The fourth-order valence-corrected chi connectivity index (χ4v) is 3.73. The van der Waals surface area contributed by atoms with Gasteiger partial charge in [-0.2, -0.15) is 0 Å². The summed E-state index contributed by atoms with van der Waals surface area (Å²) in [5, 5.41) is 1.26. The summed E-state index contributed by atoms with van der Waals surface area (Å²) in [4.78, 5) is 28.4. The number of fused-ring (bicyclic) bond motifs is 1. The van der Waals surface area contributed by atoms with Crippen LogP contribution < -0.4 is 10.9 Å². The molecule has 0 atom stereocenters. The highest BCUT2D eigenvalue weighted by Crippen LogP contribution is 2.36. The van der Waals surface area contributed by atoms with Crippen molar-refractivity contribution in [2.24, 2.45) is 0 Å². The van der Waals surface area contributed by atoms with Crippen molar-refractivity contribution in [3.63, 3.8) is 0 Å². The minimum atomic E-state index is -0.493. The molecule has 2 heterocycles. The maximum atomic E-state index is 12.3. The average molecular weight is 346 g/mol. The number of aromatic nitrogens is 1. The first-order chi connectivity index (χ1) is 11.1. The lowest BCUT2D eigenvalue weighted by Crippen LogP contribution is -2.41. The molecule has 7 heteroatoms. The van der Waals surface area contributed by atoms with Crippen LogP contribution in [0.15, 0.2) is 42.6 Å². The maximum absolute atomic E-state index is 12.3. The molecule has 5 nitrogen and oxygen atoms in total. The smallest absolute Gasteiger partial charge is 0.266 e. The second kappa shape index (κ2) is 6.36. The molecule has 0 unspecified atom stereocenters. The lowest BCUT2D eigenvalue weighted by atomic mass is 10.1. The molecule has 0 saturated heterocycles. The van der Waals surface area contributed by atoms with Gasteiger partial charge < -0.3 is 0 Å². The molecule has 0 fully saturated rings. The molecule has 0 aliphatic carbocycles. The number of carbonyl (C=O) groups is 2. The van der Waals surface area contributed by atoms with Gasteiger partial charge in [0.05, 0.1) is 5.02 Å². The summed E-state index contributed by atoms with van der Waals surface area (Å²) in [5.74, 6) is -0.952. The predicted molar refractivity (Wildman–Crippen MR) is 90.7 cm³/mol. The molecule has 0 spiro atoms. The Morgan fingerprint density at radius 3 is 2.57 bits per heavy atom. The third-order valence-electron chi connectivity index (χ3n) is 3.26. The van der Waals surface area contributed by atoms with Crippen LogP contribution in [0.2, 0.25) is 5.02 Å². The number of amides is 2. The zero-order chi connectivity index (χ0) is 16.4. The molecule has 116 valence electrons. The van der Waals surface area contributed by atoms with E-state index in [-0.39, 0.29) is 5.69 Å². The lowest BCUT2D eigenvalue weighted by molar-refractivity contribution is 0.0846. The Morgan fingerprint density at radius 1 is 1.09 bits per heavy atom. The van der Waals surface area contributed by atoms with Gasteiger partial charge in [0.1, 0.15) is 10.6 Å². The van der Waals surface area contributed by atoms with Gasteiger partial charge in [-0.15, -0.1) is 11.3 Å². The third-order valence-corrected chi connectivity index (χ3v) is 4.90. The van der Waals surface area contributed by atoms with Gasteiger partial charge in [0, 0.05) is 16.3 Å². The largest absolute Gasteiger partial charge is 0.288 e. The van der Waals surface area contributed by atoms with Crippen molar-refractivity contribution in [1.82, 2.24) is 15.8 Å². The molecule has 0 radical (unpaired) electrons. The van der Waals surface area contributed by atoms with Gasteiger partial charge in [0.2, 0.25) is 0 Å². The van der Waals surface area contributed by atoms with Crippen molar-refractivity contribution in [2.75, 3.05) is 0 Å². The van der Waals surface area contributed by atoms with Crippen LogP contribution in [0, 0.1) is 6.92 Å². The first kappa shape index (κ1) is 15.5. The molecule has 3 aromatic rings. The minimum absolute atomic E-state index is 0.214. The number of hydrogen-bond donors (Lipinski definition) is 2. The molecule has 2 amide bonds. The van der Waals surface area contributed by atoms with Crippen molar-refractivity contribution < 1.29 is 9.59 Å². The monoisotopic (exact) mass is 345 g/mol. The summed E-state index contributed by atoms with van der Waals surface area (Å²) in [7, 11) is 0. The van der Waals surface area contributed by atoms with Crippen LogP contribution in [-0.2, 0) is 0 Å². The Bertz CT molecular complexity index is 893. The van der Waals surface area contributed by atoms with E-state index in [2.05, 4.69) is 15.8 Å². The van der Waals surface area contributed by atoms with Crippen LogP contribution in [0.5, 0.6) is 0 Å². The first-order valence-corrected chi connectivity index (χ1v) is 7.96. The number of nitrogens with one attached hydrogen (secondary N) is 2. The Morgan fingerprint density at radius 2 is 1.87 bits per heavy atom. The summed E-state index contributed by atoms with van der Waals surface area (Å²) < 4.78 is 0.927. The molecule has 0 aliphatic rings. The van der Waals surface area contributed by atoms with E-state index in [4.69, 9.17) is 11.6 Å². The van der Waals surface area contributed by atoms with Crippen LogP contribution in [0.1, 0.15) is 25.7 Å². The standard InChI is InChI=1S/C16H12ClN3O2S/c1-9-5-4-7-11-12(9)13(17)14(23-11)16(22)20-19-15(21)10-6-2-3-8-18-10/h2-8H,1H3,(H,19,21)(H,20,22). The number of carbonyl (C=O) groups excluding carboxylic acids is 2. The highest BCUT2D eigenvalue weighted by Gasteiger charge is 2.19. The van der Waals surface area contributed by atoms with Crippen LogP contribution in [-0.4, -0.2) is 16.8 Å². The van der Waals surface area contributed by atoms with Crippen molar-refractivity contribution in [3.05, 3.63) is 63.8 Å². The fraction of sp³-hybridized carbons (Fsp3) is 0.0625. The molecule has 23 heavy (non-hydrogen) atoms. The van der Waals surface area contributed by atoms with E-state index < -0.39 is 11.8 Å². The number of hydrogen-bond acceptors (Lipinski definition) is 4. The number of rotatable bonds is 2. The Balaban J connectivity index is 1.78. The van der Waals surface area contributed by atoms with Crippen LogP contribution in [0.25, 0.3) is 10.1 Å². The molecule has 2 N–H and O–H groups in total. The van der Waals surface area contributed by atoms with E-state index in [1.54, 1.807) is 18.2 Å². The molecule has 0 saturated carbocycles. The van der Waals surface area contributed by atoms with Crippen LogP contribution >= 0.6 is 22.9 Å². The van der Waals surface area contributed by atoms with Crippen LogP contribution in [0.3, 0.4) is 0 Å². The summed E-state index contributed by atoms with van der Waals surface area (Å²) in [5.41, 5.74) is 5.91. The Hall–Kier alpha value is -2.44. The minimum Gasteiger partial charge on any atom is -0.266 e. The molecular formula is C16H12ClN3O2S. The normalized spacial score (nSPS) is 10.5. The Labute approximate surface area is 141 Å². The highest BCUT2D eigenvalue weighted by atomic mass is 35.5. The lowest BCUT2D eigenvalue weighted by Gasteiger charge is -2.05. The van der Waals surface area contributed by atoms with E-state index in [0.29, 0.717) is 9.90 Å². The Kier molecular flexibility index (Phi) is 4.27. The number of nitrogens with zero attached hydrogens (tertiary/aromatic N) is 1. The molecule has 3 rings (SSSR count). The molecular weight excluding hydrogens is 334 g/mol. The van der Waals surface area contributed by atoms with Gasteiger partial charge in [-0.1, -0.05) is 29.8 Å². The van der Waals surface area contributed by atoms with E-state index in [1.807, 2.05) is 25.1 Å². The SMILES string of the molecule is Cc1cccc2sc(C(=O)NNC(=O)c3ccccn3)c(Cl)c12. The van der Waals surface area contributed by atoms with E-state index in [1.165, 1.54) is 17.5 Å². The molecule has 0 bridgehead atoms. The van der Waals surface area contributed by atoms with Crippen LogP contribution in [0.4, 0.5) is 0 Å². The summed E-state index contributed by atoms with van der Waals surface area (Å²) in [6, 6.07) is 10.7. The van der Waals surface area contributed by atoms with Crippen molar-refractivity contribution in [3.8, 4) is 0 Å². The average Bonchev–Trinajstić information content (AvgIpc) is 2.91. The highest BCUT2D eigenvalue weighted by molar-refractivity contribution is 7.21. The van der Waals surface area contributed by atoms with E-state index in [9.17, 15) is 9.59 Å². The third kappa shape index (κ3) is 3.04. The summed E-state index contributed by atoms with van der Waals surface area (Å²) in [6.45, 7) is 1.94. The number of thiophene rings is 1. The summed E-state index contributed by atoms with van der Waals surface area (Å²) >= 11 is 7.60. The van der Waals surface area contributed by atoms with Gasteiger partial charge in [-0.05, 0) is 30.7 Å². The van der Waals surface area contributed by atoms with Gasteiger partial charge in [-0.3, -0.25) is 25.4 Å². The van der Waals surface area contributed by atoms with Crippen molar-refractivity contribution in [2.45, 2.75) is 6.92 Å². The molecule has 1 aromatic carbocycles. The number of pyridine rings is 1. The topological polar surface area (TPSA) is 71.1 Å². The number of halogens is 1. The second-order valence-electron chi connectivity index (χ2n) is 4.82. The fourth-order valence-electron chi connectivity index (χ4n) is 2.15. The van der Waals surface area contributed by atoms with Gasteiger partial charge >= 0.3 is 0 Å². The maximum Gasteiger partial charge on any atom is 0.288 e.